The van der Waals surface area contributed by atoms with Gasteiger partial charge in [-0.2, -0.15) is 0 Å². The molecule has 2 aromatic rings. The van der Waals surface area contributed by atoms with Gasteiger partial charge in [0.1, 0.15) is 5.75 Å². The maximum atomic E-state index is 12.4. The molecule has 0 aliphatic carbocycles. The summed E-state index contributed by atoms with van der Waals surface area (Å²) in [5.74, 6) is 0.0202. The highest BCUT2D eigenvalue weighted by molar-refractivity contribution is 6.02. The second kappa shape index (κ2) is 7.61. The lowest BCUT2D eigenvalue weighted by atomic mass is 9.99. The lowest BCUT2D eigenvalue weighted by Gasteiger charge is -2.23. The first-order valence-corrected chi connectivity index (χ1v) is 8.85. The normalized spacial score (nSPS) is 15.4. The lowest BCUT2D eigenvalue weighted by Crippen LogP contribution is -2.34. The summed E-state index contributed by atoms with van der Waals surface area (Å²) in [5.41, 5.74) is 3.64. The molecule has 0 fully saturated rings. The van der Waals surface area contributed by atoms with E-state index in [4.69, 9.17) is 4.74 Å². The van der Waals surface area contributed by atoms with Crippen LogP contribution in [0.15, 0.2) is 36.4 Å². The molecule has 6 nitrogen and oxygen atoms in total. The average molecular weight is 366 g/mol. The van der Waals surface area contributed by atoms with Gasteiger partial charge in [-0.05, 0) is 50.6 Å². The second-order valence-corrected chi connectivity index (χ2v) is 6.75. The molecule has 27 heavy (non-hydrogen) atoms. The Hall–Kier alpha value is -3.15. The van der Waals surface area contributed by atoms with Gasteiger partial charge in [-0.15, -0.1) is 0 Å². The van der Waals surface area contributed by atoms with E-state index in [2.05, 4.69) is 10.6 Å². The number of carbonyl (C=O) groups is 3. The van der Waals surface area contributed by atoms with Crippen molar-refractivity contribution in [1.29, 1.82) is 0 Å². The number of carbonyl (C=O) groups excluding carboxylic acids is 3. The first-order chi connectivity index (χ1) is 12.8. The highest BCUT2D eigenvalue weighted by atomic mass is 16.5. The van der Waals surface area contributed by atoms with Crippen LogP contribution in [0.1, 0.15) is 41.3 Å². The molecule has 1 aliphatic rings. The highest BCUT2D eigenvalue weighted by Gasteiger charge is 2.23. The van der Waals surface area contributed by atoms with Crippen molar-refractivity contribution in [2.45, 2.75) is 39.7 Å². The van der Waals surface area contributed by atoms with Crippen LogP contribution in [0.2, 0.25) is 0 Å². The fourth-order valence-electron chi connectivity index (χ4n) is 2.91. The summed E-state index contributed by atoms with van der Waals surface area (Å²) in [7, 11) is 0. The van der Waals surface area contributed by atoms with E-state index >= 15 is 0 Å². The minimum atomic E-state index is -0.547. The molecule has 0 aromatic heterocycles. The van der Waals surface area contributed by atoms with Gasteiger partial charge in [-0.25, -0.2) is 0 Å². The molecule has 0 saturated heterocycles. The van der Waals surface area contributed by atoms with Crippen LogP contribution in [-0.2, 0) is 9.59 Å². The third-order valence-electron chi connectivity index (χ3n) is 4.47. The van der Waals surface area contributed by atoms with Crippen molar-refractivity contribution in [1.82, 2.24) is 0 Å². The molecule has 1 aliphatic heterocycles. The first kappa shape index (κ1) is 18.6. The molecule has 2 N–H and O–H groups in total. The van der Waals surface area contributed by atoms with Crippen LogP contribution in [0.5, 0.6) is 5.75 Å². The largest absolute Gasteiger partial charge is 0.479 e. The SMILES string of the molecule is Cc1ccc(C)c(C(=O)CCC(=O)Nc2ccc3c(c2)NC(=O)[C@H](C)O3)c1. The molecule has 1 atom stereocenters. The number of rotatable bonds is 5. The van der Waals surface area contributed by atoms with E-state index in [1.807, 2.05) is 32.0 Å². The van der Waals surface area contributed by atoms with Gasteiger partial charge >= 0.3 is 0 Å². The Balaban J connectivity index is 1.60. The number of nitrogens with one attached hydrogen (secondary N) is 2. The minimum Gasteiger partial charge on any atom is -0.479 e. The van der Waals surface area contributed by atoms with Gasteiger partial charge in [0.2, 0.25) is 5.91 Å². The number of Topliss-reactive ketones (excluding diaryl/α,β-unsaturated/α-hetero) is 1. The number of fused-ring (bicyclic) bond motifs is 1. The standard InChI is InChI=1S/C21H22N2O4/c1-12-4-5-13(2)16(10-12)18(24)7-9-20(25)22-15-6-8-19-17(11-15)23-21(26)14(3)27-19/h4-6,8,10-11,14H,7,9H2,1-3H3,(H,22,25)(H,23,26)/t14-/m0/s1. The molecular formula is C21H22N2O4. The van der Waals surface area contributed by atoms with Crippen molar-refractivity contribution >= 4 is 29.0 Å². The molecule has 6 heteroatoms. The van der Waals surface area contributed by atoms with E-state index in [0.29, 0.717) is 22.7 Å². The number of hydrogen-bond donors (Lipinski definition) is 2. The zero-order valence-electron chi connectivity index (χ0n) is 15.6. The smallest absolute Gasteiger partial charge is 0.265 e. The van der Waals surface area contributed by atoms with Gasteiger partial charge in [0.15, 0.2) is 11.9 Å². The number of aryl methyl sites for hydroxylation is 2. The Kier molecular flexibility index (Phi) is 5.26. The Morgan fingerprint density at radius 3 is 2.67 bits per heavy atom. The van der Waals surface area contributed by atoms with E-state index in [1.54, 1.807) is 25.1 Å². The summed E-state index contributed by atoms with van der Waals surface area (Å²) in [5, 5.41) is 5.49. The van der Waals surface area contributed by atoms with E-state index in [0.717, 1.165) is 11.1 Å². The summed E-state index contributed by atoms with van der Waals surface area (Å²) in [6, 6.07) is 10.8. The molecule has 0 bridgehead atoms. The number of ether oxygens (including phenoxy) is 1. The molecule has 2 amide bonds. The van der Waals surface area contributed by atoms with Crippen LogP contribution in [0.3, 0.4) is 0 Å². The number of amides is 2. The summed E-state index contributed by atoms with van der Waals surface area (Å²) in [4.78, 5) is 36.3. The number of benzene rings is 2. The third-order valence-corrected chi connectivity index (χ3v) is 4.47. The van der Waals surface area contributed by atoms with Crippen molar-refractivity contribution < 1.29 is 19.1 Å². The zero-order chi connectivity index (χ0) is 19.6. The van der Waals surface area contributed by atoms with E-state index < -0.39 is 6.10 Å². The Morgan fingerprint density at radius 1 is 1.11 bits per heavy atom. The molecule has 0 unspecified atom stereocenters. The molecule has 2 aromatic carbocycles. The van der Waals surface area contributed by atoms with Gasteiger partial charge < -0.3 is 15.4 Å². The van der Waals surface area contributed by atoms with Crippen molar-refractivity contribution in [3.05, 3.63) is 53.1 Å². The van der Waals surface area contributed by atoms with Gasteiger partial charge in [-0.1, -0.05) is 17.7 Å². The Labute approximate surface area is 157 Å². The topological polar surface area (TPSA) is 84.5 Å². The van der Waals surface area contributed by atoms with Gasteiger partial charge in [-0.3, -0.25) is 14.4 Å². The molecule has 140 valence electrons. The van der Waals surface area contributed by atoms with Gasteiger partial charge in [0, 0.05) is 24.1 Å². The lowest BCUT2D eigenvalue weighted by molar-refractivity contribution is -0.122. The third kappa shape index (κ3) is 4.34. The van der Waals surface area contributed by atoms with E-state index in [-0.39, 0.29) is 30.4 Å². The van der Waals surface area contributed by atoms with Crippen molar-refractivity contribution in [3.8, 4) is 5.75 Å². The molecule has 0 radical (unpaired) electrons. The van der Waals surface area contributed by atoms with E-state index in [1.165, 1.54) is 0 Å². The predicted molar refractivity (Wildman–Crippen MR) is 103 cm³/mol. The number of anilines is 2. The molecule has 0 spiro atoms. The number of hydrogen-bond acceptors (Lipinski definition) is 4. The van der Waals surface area contributed by atoms with Crippen LogP contribution < -0.4 is 15.4 Å². The fourth-order valence-corrected chi connectivity index (χ4v) is 2.91. The summed E-state index contributed by atoms with van der Waals surface area (Å²) in [6.07, 6.45) is -0.323. The maximum absolute atomic E-state index is 12.4. The molecule has 0 saturated carbocycles. The Bertz CT molecular complexity index is 920. The minimum absolute atomic E-state index is 0.0496. The molecule has 1 heterocycles. The van der Waals surface area contributed by atoms with Crippen LogP contribution in [0.25, 0.3) is 0 Å². The average Bonchev–Trinajstić information content (AvgIpc) is 2.63. The van der Waals surface area contributed by atoms with Crippen LogP contribution >= 0.6 is 0 Å². The van der Waals surface area contributed by atoms with Crippen LogP contribution in [-0.4, -0.2) is 23.7 Å². The summed E-state index contributed by atoms with van der Waals surface area (Å²) >= 11 is 0. The predicted octanol–water partition coefficient (Wildman–Crippen LogP) is 3.62. The molecule has 3 rings (SSSR count). The van der Waals surface area contributed by atoms with Crippen LogP contribution in [0.4, 0.5) is 11.4 Å². The van der Waals surface area contributed by atoms with Gasteiger partial charge in [0.25, 0.3) is 5.91 Å². The fraction of sp³-hybridized carbons (Fsp3) is 0.286. The van der Waals surface area contributed by atoms with Gasteiger partial charge in [0.05, 0.1) is 5.69 Å². The quantitative estimate of drug-likeness (QED) is 0.792. The summed E-state index contributed by atoms with van der Waals surface area (Å²) in [6.45, 7) is 5.49. The summed E-state index contributed by atoms with van der Waals surface area (Å²) < 4.78 is 5.48. The van der Waals surface area contributed by atoms with Crippen molar-refractivity contribution in [2.75, 3.05) is 10.6 Å². The Morgan fingerprint density at radius 2 is 1.89 bits per heavy atom. The van der Waals surface area contributed by atoms with Crippen molar-refractivity contribution in [3.63, 3.8) is 0 Å². The number of ketones is 1. The monoisotopic (exact) mass is 366 g/mol. The second-order valence-electron chi connectivity index (χ2n) is 6.75. The molecular weight excluding hydrogens is 344 g/mol. The van der Waals surface area contributed by atoms with Crippen molar-refractivity contribution in [2.24, 2.45) is 0 Å². The zero-order valence-corrected chi connectivity index (χ0v) is 15.6. The maximum Gasteiger partial charge on any atom is 0.265 e. The first-order valence-electron chi connectivity index (χ1n) is 8.85. The highest BCUT2D eigenvalue weighted by Crippen LogP contribution is 2.32. The van der Waals surface area contributed by atoms with E-state index in [9.17, 15) is 14.4 Å². The van der Waals surface area contributed by atoms with Crippen LogP contribution in [0, 0.1) is 13.8 Å².